The number of hydrogen-bond donors (Lipinski definition) is 3. The summed E-state index contributed by atoms with van der Waals surface area (Å²) in [6.07, 6.45) is 4.75. The highest BCUT2D eigenvalue weighted by molar-refractivity contribution is 5.94. The zero-order valence-electron chi connectivity index (χ0n) is 11.3. The number of hydrogen-bond acceptors (Lipinski definition) is 5. The highest BCUT2D eigenvalue weighted by Crippen LogP contribution is 2.07. The van der Waals surface area contributed by atoms with Gasteiger partial charge in [0.25, 0.3) is 5.91 Å². The molecule has 0 aliphatic carbocycles. The Labute approximate surface area is 117 Å². The lowest BCUT2D eigenvalue weighted by atomic mass is 10.1. The number of pyridine rings is 1. The first-order valence-electron chi connectivity index (χ1n) is 6.45. The van der Waals surface area contributed by atoms with Crippen LogP contribution in [0.5, 0.6) is 0 Å². The number of amides is 1. The Hall–Kier alpha value is -2.34. The second-order valence-corrected chi connectivity index (χ2v) is 4.57. The Morgan fingerprint density at radius 3 is 2.90 bits per heavy atom. The van der Waals surface area contributed by atoms with Crippen LogP contribution < -0.4 is 16.6 Å². The molecule has 0 saturated carbocycles. The molecule has 2 heterocycles. The minimum Gasteiger partial charge on any atom is -0.469 e. The molecule has 6 heteroatoms. The van der Waals surface area contributed by atoms with Crippen LogP contribution >= 0.6 is 0 Å². The van der Waals surface area contributed by atoms with Crippen molar-refractivity contribution in [3.63, 3.8) is 0 Å². The molecule has 0 bridgehead atoms. The first-order valence-corrected chi connectivity index (χ1v) is 6.45. The Kier molecular flexibility index (Phi) is 4.73. The molecule has 4 N–H and O–H groups in total. The first kappa shape index (κ1) is 14.1. The van der Waals surface area contributed by atoms with Crippen molar-refractivity contribution in [3.8, 4) is 0 Å². The second-order valence-electron chi connectivity index (χ2n) is 4.57. The van der Waals surface area contributed by atoms with Crippen molar-refractivity contribution in [3.05, 3.63) is 48.0 Å². The number of nitrogens with zero attached hydrogens (tertiary/aromatic N) is 1. The summed E-state index contributed by atoms with van der Waals surface area (Å²) in [6, 6.07) is 7.17. The van der Waals surface area contributed by atoms with E-state index in [1.54, 1.807) is 18.4 Å². The summed E-state index contributed by atoms with van der Waals surface area (Å²) in [7, 11) is 0. The van der Waals surface area contributed by atoms with Gasteiger partial charge in [0.15, 0.2) is 0 Å². The Morgan fingerprint density at radius 2 is 2.30 bits per heavy atom. The van der Waals surface area contributed by atoms with Gasteiger partial charge >= 0.3 is 0 Å². The quantitative estimate of drug-likeness (QED) is 0.551. The summed E-state index contributed by atoms with van der Waals surface area (Å²) in [5, 5.41) is 2.92. The van der Waals surface area contributed by atoms with E-state index in [4.69, 9.17) is 10.3 Å². The summed E-state index contributed by atoms with van der Waals surface area (Å²) < 4.78 is 5.26. The Bertz CT molecular complexity index is 537. The molecule has 0 saturated heterocycles. The molecule has 2 aromatic heterocycles. The maximum atomic E-state index is 12.0. The van der Waals surface area contributed by atoms with Crippen molar-refractivity contribution in [1.29, 1.82) is 0 Å². The van der Waals surface area contributed by atoms with E-state index in [1.807, 2.05) is 19.1 Å². The van der Waals surface area contributed by atoms with Crippen molar-refractivity contribution in [2.45, 2.75) is 25.8 Å². The van der Waals surface area contributed by atoms with Gasteiger partial charge in [-0.15, -0.1) is 0 Å². The number of aromatic nitrogens is 1. The molecule has 2 aromatic rings. The van der Waals surface area contributed by atoms with Crippen molar-refractivity contribution in [1.82, 2.24) is 10.3 Å². The monoisotopic (exact) mass is 274 g/mol. The molecule has 0 spiro atoms. The van der Waals surface area contributed by atoms with Gasteiger partial charge < -0.3 is 15.2 Å². The molecule has 1 atom stereocenters. The molecule has 20 heavy (non-hydrogen) atoms. The smallest absolute Gasteiger partial charge is 0.253 e. The molecule has 2 rings (SSSR count). The lowest BCUT2D eigenvalue weighted by molar-refractivity contribution is 0.0938. The van der Waals surface area contributed by atoms with Gasteiger partial charge in [0.2, 0.25) is 0 Å². The van der Waals surface area contributed by atoms with Crippen LogP contribution in [0, 0.1) is 0 Å². The van der Waals surface area contributed by atoms with E-state index in [0.29, 0.717) is 11.4 Å². The molecule has 6 nitrogen and oxygen atoms in total. The molecule has 0 aromatic carbocycles. The molecule has 0 aliphatic rings. The zero-order valence-corrected chi connectivity index (χ0v) is 11.3. The van der Waals surface area contributed by atoms with E-state index in [2.05, 4.69) is 15.7 Å². The number of anilines is 1. The number of hydrazine groups is 1. The molecule has 0 radical (unpaired) electrons. The SMILES string of the molecule is CC(CCc1ccco1)NC(=O)c1ccc(NN)nc1. The Morgan fingerprint density at radius 1 is 1.45 bits per heavy atom. The molecule has 1 unspecified atom stereocenters. The van der Waals surface area contributed by atoms with Crippen LogP contribution in [0.4, 0.5) is 5.82 Å². The second kappa shape index (κ2) is 6.72. The topological polar surface area (TPSA) is 93.2 Å². The molecule has 0 aliphatic heterocycles. The van der Waals surface area contributed by atoms with Crippen molar-refractivity contribution in [2.75, 3.05) is 5.43 Å². The summed E-state index contributed by atoms with van der Waals surface area (Å²) in [5.41, 5.74) is 2.92. The first-order chi connectivity index (χ1) is 9.69. The molecule has 1 amide bonds. The van der Waals surface area contributed by atoms with Crippen molar-refractivity contribution < 1.29 is 9.21 Å². The van der Waals surface area contributed by atoms with Gasteiger partial charge in [-0.1, -0.05) is 0 Å². The third kappa shape index (κ3) is 3.83. The highest BCUT2D eigenvalue weighted by atomic mass is 16.3. The van der Waals surface area contributed by atoms with Gasteiger partial charge in [0.05, 0.1) is 11.8 Å². The van der Waals surface area contributed by atoms with Crippen LogP contribution in [0.1, 0.15) is 29.5 Å². The fraction of sp³-hybridized carbons (Fsp3) is 0.286. The number of nitrogens with one attached hydrogen (secondary N) is 2. The number of rotatable bonds is 6. The minimum atomic E-state index is -0.145. The van der Waals surface area contributed by atoms with Crippen LogP contribution in [0.2, 0.25) is 0 Å². The molecule has 0 fully saturated rings. The summed E-state index contributed by atoms with van der Waals surface area (Å²) in [4.78, 5) is 16.0. The van der Waals surface area contributed by atoms with E-state index in [-0.39, 0.29) is 11.9 Å². The Balaban J connectivity index is 1.83. The van der Waals surface area contributed by atoms with Crippen LogP contribution in [-0.2, 0) is 6.42 Å². The van der Waals surface area contributed by atoms with E-state index in [0.717, 1.165) is 18.6 Å². The third-order valence-corrected chi connectivity index (χ3v) is 2.95. The van der Waals surface area contributed by atoms with Gasteiger partial charge in [0.1, 0.15) is 11.6 Å². The summed E-state index contributed by atoms with van der Waals surface area (Å²) >= 11 is 0. The van der Waals surface area contributed by atoms with Crippen LogP contribution in [0.25, 0.3) is 0 Å². The van der Waals surface area contributed by atoms with Gasteiger partial charge in [-0.25, -0.2) is 10.8 Å². The minimum absolute atomic E-state index is 0.0555. The maximum absolute atomic E-state index is 12.0. The molecular weight excluding hydrogens is 256 g/mol. The fourth-order valence-corrected chi connectivity index (χ4v) is 1.81. The molecule has 106 valence electrons. The van der Waals surface area contributed by atoms with E-state index in [1.165, 1.54) is 6.20 Å². The van der Waals surface area contributed by atoms with Crippen molar-refractivity contribution >= 4 is 11.7 Å². The van der Waals surface area contributed by atoms with Crippen LogP contribution in [-0.4, -0.2) is 16.9 Å². The summed E-state index contributed by atoms with van der Waals surface area (Å²) in [5.74, 6) is 6.52. The standard InChI is InChI=1S/C14H18N4O2/c1-10(4-6-12-3-2-8-20-12)17-14(19)11-5-7-13(18-15)16-9-11/h2-3,5,7-10H,4,6,15H2,1H3,(H,16,18)(H,17,19). The zero-order chi connectivity index (χ0) is 14.4. The number of nitrogens with two attached hydrogens (primary N) is 1. The van der Waals surface area contributed by atoms with E-state index < -0.39 is 0 Å². The van der Waals surface area contributed by atoms with Gasteiger partial charge in [-0.3, -0.25) is 4.79 Å². The average molecular weight is 274 g/mol. The predicted molar refractivity (Wildman–Crippen MR) is 76.0 cm³/mol. The van der Waals surface area contributed by atoms with E-state index >= 15 is 0 Å². The number of carbonyl (C=O) groups excluding carboxylic acids is 1. The van der Waals surface area contributed by atoms with E-state index in [9.17, 15) is 4.79 Å². The normalized spacial score (nSPS) is 11.9. The average Bonchev–Trinajstić information content (AvgIpc) is 2.98. The predicted octanol–water partition coefficient (Wildman–Crippen LogP) is 1.71. The maximum Gasteiger partial charge on any atom is 0.253 e. The molecular formula is C14H18N4O2. The lowest BCUT2D eigenvalue weighted by Gasteiger charge is -2.13. The lowest BCUT2D eigenvalue weighted by Crippen LogP contribution is -2.33. The van der Waals surface area contributed by atoms with Crippen molar-refractivity contribution in [2.24, 2.45) is 5.84 Å². The van der Waals surface area contributed by atoms with Gasteiger partial charge in [-0.2, -0.15) is 0 Å². The third-order valence-electron chi connectivity index (χ3n) is 2.95. The number of furan rings is 1. The number of aryl methyl sites for hydroxylation is 1. The number of nitrogen functional groups attached to an aromatic ring is 1. The van der Waals surface area contributed by atoms with Gasteiger partial charge in [-0.05, 0) is 37.6 Å². The summed E-state index contributed by atoms with van der Waals surface area (Å²) in [6.45, 7) is 1.96. The highest BCUT2D eigenvalue weighted by Gasteiger charge is 2.10. The van der Waals surface area contributed by atoms with Gasteiger partial charge in [0, 0.05) is 18.7 Å². The number of carbonyl (C=O) groups is 1. The van der Waals surface area contributed by atoms with Crippen LogP contribution in [0.3, 0.4) is 0 Å². The largest absolute Gasteiger partial charge is 0.469 e. The fourth-order valence-electron chi connectivity index (χ4n) is 1.81. The van der Waals surface area contributed by atoms with Crippen LogP contribution in [0.15, 0.2) is 41.1 Å².